The van der Waals surface area contributed by atoms with Crippen LogP contribution in [-0.4, -0.2) is 66.4 Å². The summed E-state index contributed by atoms with van der Waals surface area (Å²) in [6, 6.07) is 0. The molecule has 0 aromatic heterocycles. The minimum absolute atomic E-state index is 0.610. The van der Waals surface area contributed by atoms with Gasteiger partial charge in [0.05, 0.1) is 6.61 Å². The van der Waals surface area contributed by atoms with Gasteiger partial charge in [0, 0.05) is 6.92 Å². The smallest absolute Gasteiger partial charge is 0.240 e. The predicted molar refractivity (Wildman–Crippen MR) is 64.8 cm³/mol. The van der Waals surface area contributed by atoms with E-state index in [-0.39, 0.29) is 0 Å². The van der Waals surface area contributed by atoms with E-state index >= 15 is 0 Å². The van der Waals surface area contributed by atoms with Crippen molar-refractivity contribution in [2.75, 3.05) is 6.61 Å². The molecular weight excluding hydrogens is 296 g/mol. The van der Waals surface area contributed by atoms with Crippen molar-refractivity contribution in [1.29, 1.82) is 0 Å². The Labute approximate surface area is 119 Å². The molecule has 114 valence electrons. The molecule has 0 aromatic carbocycles. The standard InChI is InChI=1S/C11H15ClO8/c1-5(14)8(17)10(19,6(2)15)11(20,7(3)16)9(12,18)4-13/h13,18-20H,4H2,1-3H3/t9-,10+,11-/m1/s1. The number of aliphatic hydroxyl groups is 4. The molecule has 0 bridgehead atoms. The molecule has 0 saturated carbocycles. The highest BCUT2D eigenvalue weighted by atomic mass is 35.5. The Kier molecular flexibility index (Phi) is 5.33. The zero-order chi connectivity index (χ0) is 16.5. The van der Waals surface area contributed by atoms with E-state index in [2.05, 4.69) is 0 Å². The Morgan fingerprint density at radius 2 is 1.35 bits per heavy atom. The normalized spacial score (nSPS) is 20.2. The molecule has 0 unspecified atom stereocenters. The Morgan fingerprint density at radius 3 is 1.55 bits per heavy atom. The lowest BCUT2D eigenvalue weighted by molar-refractivity contribution is -0.216. The highest BCUT2D eigenvalue weighted by Crippen LogP contribution is 2.38. The Bertz CT molecular complexity index is 471. The van der Waals surface area contributed by atoms with Crippen molar-refractivity contribution < 1.29 is 39.6 Å². The molecule has 0 radical (unpaired) electrons. The second kappa shape index (κ2) is 5.66. The lowest BCUT2D eigenvalue weighted by Crippen LogP contribution is -2.76. The molecule has 0 amide bonds. The van der Waals surface area contributed by atoms with Crippen LogP contribution >= 0.6 is 11.6 Å². The van der Waals surface area contributed by atoms with Gasteiger partial charge in [-0.3, -0.25) is 19.2 Å². The zero-order valence-corrected chi connectivity index (χ0v) is 11.8. The molecule has 0 aromatic rings. The zero-order valence-electron chi connectivity index (χ0n) is 11.0. The van der Waals surface area contributed by atoms with Crippen LogP contribution in [0.5, 0.6) is 0 Å². The summed E-state index contributed by atoms with van der Waals surface area (Å²) in [7, 11) is 0. The summed E-state index contributed by atoms with van der Waals surface area (Å²) in [4.78, 5) is 46.0. The van der Waals surface area contributed by atoms with Crippen molar-refractivity contribution in [3.63, 3.8) is 0 Å². The molecule has 3 atom stereocenters. The third kappa shape index (κ3) is 2.40. The summed E-state index contributed by atoms with van der Waals surface area (Å²) >= 11 is 5.36. The van der Waals surface area contributed by atoms with Gasteiger partial charge in [0.25, 0.3) is 0 Å². The summed E-state index contributed by atoms with van der Waals surface area (Å²) in [5, 5.41) is 35.7. The molecule has 20 heavy (non-hydrogen) atoms. The third-order valence-corrected chi connectivity index (χ3v) is 3.35. The van der Waals surface area contributed by atoms with Crippen LogP contribution in [0.1, 0.15) is 20.8 Å². The summed E-state index contributed by atoms with van der Waals surface area (Å²) in [5.41, 5.74) is -7.23. The van der Waals surface area contributed by atoms with Crippen LogP contribution in [0.2, 0.25) is 0 Å². The molecule has 0 spiro atoms. The van der Waals surface area contributed by atoms with E-state index in [1.54, 1.807) is 0 Å². The third-order valence-electron chi connectivity index (χ3n) is 2.95. The van der Waals surface area contributed by atoms with E-state index in [4.69, 9.17) is 16.7 Å². The first-order valence-corrected chi connectivity index (χ1v) is 5.72. The van der Waals surface area contributed by atoms with Crippen LogP contribution in [-0.2, 0) is 19.2 Å². The molecule has 0 saturated heterocycles. The van der Waals surface area contributed by atoms with Gasteiger partial charge in [-0.25, -0.2) is 0 Å². The molecule has 0 aliphatic rings. The van der Waals surface area contributed by atoms with Gasteiger partial charge in [-0.1, -0.05) is 11.6 Å². The SMILES string of the molecule is CC(=O)C(=O)[C@@](O)(C(C)=O)[C@@](O)(C(C)=O)[C@@](O)(Cl)CO. The number of hydrogen-bond donors (Lipinski definition) is 4. The number of Topliss-reactive ketones (excluding diaryl/α,β-unsaturated/α-hetero) is 4. The maximum Gasteiger partial charge on any atom is 0.240 e. The first kappa shape index (κ1) is 18.8. The van der Waals surface area contributed by atoms with Crippen LogP contribution in [0.3, 0.4) is 0 Å². The molecule has 9 heteroatoms. The summed E-state index contributed by atoms with van der Waals surface area (Å²) in [6.45, 7) is 0.428. The van der Waals surface area contributed by atoms with E-state index < -0.39 is 46.0 Å². The fourth-order valence-corrected chi connectivity index (χ4v) is 2.02. The van der Waals surface area contributed by atoms with Gasteiger partial charge in [0.15, 0.2) is 17.3 Å². The fraction of sp³-hybridized carbons (Fsp3) is 0.636. The van der Waals surface area contributed by atoms with Gasteiger partial charge < -0.3 is 20.4 Å². The first-order chi connectivity index (χ1) is 8.80. The lowest BCUT2D eigenvalue weighted by Gasteiger charge is -2.44. The second-order valence-electron chi connectivity index (χ2n) is 4.34. The van der Waals surface area contributed by atoms with E-state index in [0.29, 0.717) is 20.8 Å². The Balaban J connectivity index is 6.53. The van der Waals surface area contributed by atoms with E-state index in [9.17, 15) is 34.5 Å². The second-order valence-corrected chi connectivity index (χ2v) is 4.96. The average Bonchev–Trinajstić information content (AvgIpc) is 2.34. The monoisotopic (exact) mass is 310 g/mol. The van der Waals surface area contributed by atoms with Crippen LogP contribution in [0.25, 0.3) is 0 Å². The van der Waals surface area contributed by atoms with Crippen molar-refractivity contribution in [3.05, 3.63) is 0 Å². The van der Waals surface area contributed by atoms with Crippen LogP contribution < -0.4 is 0 Å². The van der Waals surface area contributed by atoms with Gasteiger partial charge in [-0.15, -0.1) is 0 Å². The van der Waals surface area contributed by atoms with Gasteiger partial charge in [0.2, 0.25) is 22.0 Å². The topological polar surface area (TPSA) is 149 Å². The minimum Gasteiger partial charge on any atom is -0.392 e. The number of aliphatic hydroxyl groups excluding tert-OH is 1. The predicted octanol–water partition coefficient (Wildman–Crippen LogP) is -2.30. The molecule has 0 fully saturated rings. The van der Waals surface area contributed by atoms with Crippen molar-refractivity contribution in [1.82, 2.24) is 0 Å². The van der Waals surface area contributed by atoms with Crippen LogP contribution in [0.15, 0.2) is 0 Å². The summed E-state index contributed by atoms with van der Waals surface area (Å²) < 4.78 is 0. The van der Waals surface area contributed by atoms with Crippen LogP contribution in [0, 0.1) is 0 Å². The number of ketones is 4. The van der Waals surface area contributed by atoms with Crippen molar-refractivity contribution in [2.24, 2.45) is 0 Å². The van der Waals surface area contributed by atoms with Crippen molar-refractivity contribution >= 4 is 34.7 Å². The number of hydrogen-bond acceptors (Lipinski definition) is 8. The molecule has 8 nitrogen and oxygen atoms in total. The van der Waals surface area contributed by atoms with Gasteiger partial charge in [-0.2, -0.15) is 0 Å². The fourth-order valence-electron chi connectivity index (χ4n) is 1.75. The van der Waals surface area contributed by atoms with Gasteiger partial charge in [0.1, 0.15) is 0 Å². The minimum atomic E-state index is -3.62. The molecular formula is C11H15ClO8. The highest BCUT2D eigenvalue weighted by Gasteiger charge is 2.71. The van der Waals surface area contributed by atoms with E-state index in [1.807, 2.05) is 0 Å². The average molecular weight is 311 g/mol. The number of alkyl halides is 1. The van der Waals surface area contributed by atoms with E-state index in [1.165, 1.54) is 0 Å². The Morgan fingerprint density at radius 1 is 0.950 bits per heavy atom. The number of halogens is 1. The van der Waals surface area contributed by atoms with Crippen molar-refractivity contribution in [2.45, 2.75) is 37.0 Å². The number of carbonyl (C=O) groups excluding carboxylic acids is 4. The number of carbonyl (C=O) groups is 4. The van der Waals surface area contributed by atoms with E-state index in [0.717, 1.165) is 0 Å². The molecule has 4 N–H and O–H groups in total. The largest absolute Gasteiger partial charge is 0.392 e. The lowest BCUT2D eigenvalue weighted by atomic mass is 9.70. The summed E-state index contributed by atoms with van der Waals surface area (Å²) in [6.07, 6.45) is 0. The maximum atomic E-state index is 11.7. The number of rotatable bonds is 7. The maximum absolute atomic E-state index is 11.7. The molecule has 0 rings (SSSR count). The quantitative estimate of drug-likeness (QED) is 0.233. The Hall–Kier alpha value is -1.19. The van der Waals surface area contributed by atoms with Gasteiger partial charge in [-0.05, 0) is 13.8 Å². The first-order valence-electron chi connectivity index (χ1n) is 5.35. The van der Waals surface area contributed by atoms with Gasteiger partial charge >= 0.3 is 0 Å². The van der Waals surface area contributed by atoms with Crippen LogP contribution in [0.4, 0.5) is 0 Å². The molecule has 0 heterocycles. The molecule has 0 aliphatic carbocycles. The highest BCUT2D eigenvalue weighted by molar-refractivity contribution is 6.46. The molecule has 0 aliphatic heterocycles. The van der Waals surface area contributed by atoms with Crippen molar-refractivity contribution in [3.8, 4) is 0 Å². The summed E-state index contributed by atoms with van der Waals surface area (Å²) in [5.74, 6) is -6.18.